The van der Waals surface area contributed by atoms with E-state index in [4.69, 9.17) is 5.11 Å². The van der Waals surface area contributed by atoms with Gasteiger partial charge in [0.15, 0.2) is 0 Å². The van der Waals surface area contributed by atoms with Gasteiger partial charge in [-0.25, -0.2) is 9.97 Å². The van der Waals surface area contributed by atoms with Crippen molar-refractivity contribution in [2.75, 3.05) is 31.6 Å². The smallest absolute Gasteiger partial charge is 0.130 e. The molecule has 2 N–H and O–H groups in total. The Morgan fingerprint density at radius 1 is 1.12 bits per heavy atom. The molecule has 1 aliphatic heterocycles. The average molecular weight is 326 g/mol. The Morgan fingerprint density at radius 3 is 2.58 bits per heavy atom. The topological polar surface area (TPSA) is 61.3 Å². The van der Waals surface area contributed by atoms with E-state index in [-0.39, 0.29) is 6.61 Å². The third-order valence-electron chi connectivity index (χ3n) is 4.71. The quantitative estimate of drug-likeness (QED) is 0.854. The van der Waals surface area contributed by atoms with Gasteiger partial charge < -0.3 is 10.4 Å². The largest absolute Gasteiger partial charge is 0.395 e. The summed E-state index contributed by atoms with van der Waals surface area (Å²) in [5.41, 5.74) is 3.33. The number of hydrogen-bond donors (Lipinski definition) is 2. The highest BCUT2D eigenvalue weighted by atomic mass is 16.3. The Hall–Kier alpha value is -1.98. The Balaban J connectivity index is 1.72. The summed E-state index contributed by atoms with van der Waals surface area (Å²) in [6.45, 7) is 5.27. The van der Waals surface area contributed by atoms with E-state index in [0.29, 0.717) is 12.6 Å². The molecule has 0 unspecified atom stereocenters. The maximum Gasteiger partial charge on any atom is 0.130 e. The fourth-order valence-corrected chi connectivity index (χ4v) is 3.24. The van der Waals surface area contributed by atoms with E-state index in [0.717, 1.165) is 17.1 Å². The molecular weight excluding hydrogens is 300 g/mol. The molecule has 0 radical (unpaired) electrons. The summed E-state index contributed by atoms with van der Waals surface area (Å²) < 4.78 is 0. The minimum atomic E-state index is 0.0857. The Kier molecular flexibility index (Phi) is 5.77. The molecule has 128 valence electrons. The molecule has 5 nitrogen and oxygen atoms in total. The predicted octanol–water partition coefficient (Wildman–Crippen LogP) is 3.09. The van der Waals surface area contributed by atoms with Gasteiger partial charge in [0.1, 0.15) is 12.1 Å². The minimum Gasteiger partial charge on any atom is -0.395 e. The lowest BCUT2D eigenvalue weighted by Gasteiger charge is -2.32. The number of piperidine rings is 1. The summed E-state index contributed by atoms with van der Waals surface area (Å²) in [6, 6.07) is 11.1. The zero-order valence-electron chi connectivity index (χ0n) is 14.3. The van der Waals surface area contributed by atoms with E-state index in [1.807, 2.05) is 6.07 Å². The highest BCUT2D eigenvalue weighted by Crippen LogP contribution is 2.26. The Labute approximate surface area is 143 Å². The molecule has 0 amide bonds. The molecule has 1 aromatic carbocycles. The molecule has 0 spiro atoms. The van der Waals surface area contributed by atoms with Crippen molar-refractivity contribution < 1.29 is 5.11 Å². The van der Waals surface area contributed by atoms with Gasteiger partial charge in [-0.3, -0.25) is 4.90 Å². The molecule has 5 heteroatoms. The predicted molar refractivity (Wildman–Crippen MR) is 96.9 cm³/mol. The van der Waals surface area contributed by atoms with Crippen molar-refractivity contribution in [3.8, 4) is 11.3 Å². The lowest BCUT2D eigenvalue weighted by atomic mass is 10.0. The number of nitrogens with zero attached hydrogens (tertiary/aromatic N) is 3. The van der Waals surface area contributed by atoms with Crippen molar-refractivity contribution in [2.24, 2.45) is 0 Å². The van der Waals surface area contributed by atoms with Gasteiger partial charge in [0.05, 0.1) is 12.3 Å². The summed E-state index contributed by atoms with van der Waals surface area (Å²) in [5, 5.41) is 12.0. The SMILES string of the molecule is C[C@H](c1ccc(-c2cc(NCCO)ncn2)cc1)N1CCCCC1. The average Bonchev–Trinajstić information content (AvgIpc) is 2.67. The fourth-order valence-electron chi connectivity index (χ4n) is 3.24. The Morgan fingerprint density at radius 2 is 1.88 bits per heavy atom. The standard InChI is InChI=1S/C19H26N4O/c1-15(23-10-3-2-4-11-23)16-5-7-17(8-6-16)18-13-19(20-9-12-24)22-14-21-18/h5-8,13-15,24H,2-4,9-12H2,1H3,(H,20,21,22)/t15-/m1/s1. The number of aliphatic hydroxyl groups excluding tert-OH is 1. The maximum atomic E-state index is 8.89. The van der Waals surface area contributed by atoms with Crippen LogP contribution in [0.2, 0.25) is 0 Å². The van der Waals surface area contributed by atoms with Gasteiger partial charge in [-0.05, 0) is 38.4 Å². The molecule has 3 rings (SSSR count). The lowest BCUT2D eigenvalue weighted by molar-refractivity contribution is 0.175. The first kappa shape index (κ1) is 16.9. The summed E-state index contributed by atoms with van der Waals surface area (Å²) in [6.07, 6.45) is 5.54. The number of likely N-dealkylation sites (tertiary alicyclic amines) is 1. The zero-order chi connectivity index (χ0) is 16.8. The molecule has 1 aromatic heterocycles. The van der Waals surface area contributed by atoms with Crippen LogP contribution >= 0.6 is 0 Å². The van der Waals surface area contributed by atoms with Gasteiger partial charge in [-0.2, -0.15) is 0 Å². The zero-order valence-corrected chi connectivity index (χ0v) is 14.3. The van der Waals surface area contributed by atoms with Crippen LogP contribution in [0.1, 0.15) is 37.8 Å². The number of nitrogens with one attached hydrogen (secondary N) is 1. The molecule has 1 atom stereocenters. The first-order chi connectivity index (χ1) is 11.8. The summed E-state index contributed by atoms with van der Waals surface area (Å²) in [5.74, 6) is 0.736. The van der Waals surface area contributed by atoms with Gasteiger partial charge in [-0.1, -0.05) is 30.7 Å². The third-order valence-corrected chi connectivity index (χ3v) is 4.71. The van der Waals surface area contributed by atoms with Crippen LogP contribution in [0.4, 0.5) is 5.82 Å². The molecule has 2 aromatic rings. The second kappa shape index (κ2) is 8.22. The van der Waals surface area contributed by atoms with Crippen LogP contribution in [0.5, 0.6) is 0 Å². The molecule has 2 heterocycles. The first-order valence-electron chi connectivity index (χ1n) is 8.79. The van der Waals surface area contributed by atoms with Crippen LogP contribution in [0.15, 0.2) is 36.7 Å². The Bertz CT molecular complexity index is 638. The number of anilines is 1. The lowest BCUT2D eigenvalue weighted by Crippen LogP contribution is -2.32. The molecule has 24 heavy (non-hydrogen) atoms. The molecule has 0 aliphatic carbocycles. The van der Waals surface area contributed by atoms with E-state index in [1.165, 1.54) is 37.9 Å². The highest BCUT2D eigenvalue weighted by Gasteiger charge is 2.18. The van der Waals surface area contributed by atoms with Gasteiger partial charge in [-0.15, -0.1) is 0 Å². The molecule has 0 bridgehead atoms. The van der Waals surface area contributed by atoms with Crippen LogP contribution in [0.3, 0.4) is 0 Å². The summed E-state index contributed by atoms with van der Waals surface area (Å²) in [4.78, 5) is 11.1. The van der Waals surface area contributed by atoms with E-state index in [2.05, 4.69) is 51.4 Å². The summed E-state index contributed by atoms with van der Waals surface area (Å²) in [7, 11) is 0. The molecule has 0 saturated carbocycles. The van der Waals surface area contributed by atoms with Gasteiger partial charge >= 0.3 is 0 Å². The van der Waals surface area contributed by atoms with E-state index in [9.17, 15) is 0 Å². The molecule has 1 fully saturated rings. The fraction of sp³-hybridized carbons (Fsp3) is 0.474. The van der Waals surface area contributed by atoms with Gasteiger partial charge in [0.2, 0.25) is 0 Å². The van der Waals surface area contributed by atoms with Crippen molar-refractivity contribution in [1.29, 1.82) is 0 Å². The number of hydrogen-bond acceptors (Lipinski definition) is 5. The number of benzene rings is 1. The maximum absolute atomic E-state index is 8.89. The number of aromatic nitrogens is 2. The van der Waals surface area contributed by atoms with E-state index in [1.54, 1.807) is 6.33 Å². The highest BCUT2D eigenvalue weighted by molar-refractivity contribution is 5.62. The second-order valence-corrected chi connectivity index (χ2v) is 6.33. The van der Waals surface area contributed by atoms with Crippen molar-refractivity contribution in [1.82, 2.24) is 14.9 Å². The molecule has 1 saturated heterocycles. The first-order valence-corrected chi connectivity index (χ1v) is 8.79. The third kappa shape index (κ3) is 4.10. The van der Waals surface area contributed by atoms with Crippen molar-refractivity contribution in [2.45, 2.75) is 32.2 Å². The van der Waals surface area contributed by atoms with E-state index < -0.39 is 0 Å². The van der Waals surface area contributed by atoms with Crippen LogP contribution in [-0.2, 0) is 0 Å². The van der Waals surface area contributed by atoms with Crippen molar-refractivity contribution >= 4 is 5.82 Å². The summed E-state index contributed by atoms with van der Waals surface area (Å²) >= 11 is 0. The van der Waals surface area contributed by atoms with Crippen LogP contribution < -0.4 is 5.32 Å². The van der Waals surface area contributed by atoms with Crippen LogP contribution in [0, 0.1) is 0 Å². The van der Waals surface area contributed by atoms with E-state index >= 15 is 0 Å². The minimum absolute atomic E-state index is 0.0857. The number of aliphatic hydroxyl groups is 1. The van der Waals surface area contributed by atoms with Crippen molar-refractivity contribution in [3.05, 3.63) is 42.2 Å². The second-order valence-electron chi connectivity index (χ2n) is 6.33. The molecule has 1 aliphatic rings. The number of rotatable bonds is 6. The van der Waals surface area contributed by atoms with Crippen LogP contribution in [0.25, 0.3) is 11.3 Å². The van der Waals surface area contributed by atoms with Gasteiger partial charge in [0, 0.05) is 24.2 Å². The monoisotopic (exact) mass is 326 g/mol. The normalized spacial score (nSPS) is 16.8. The van der Waals surface area contributed by atoms with Crippen LogP contribution in [-0.4, -0.2) is 46.2 Å². The van der Waals surface area contributed by atoms with Crippen molar-refractivity contribution in [3.63, 3.8) is 0 Å². The van der Waals surface area contributed by atoms with Gasteiger partial charge in [0.25, 0.3) is 0 Å². The molecular formula is C19H26N4O.